The number of terminal acetylenes is 2. The van der Waals surface area contributed by atoms with Crippen LogP contribution in [0.25, 0.3) is 0 Å². The van der Waals surface area contributed by atoms with Crippen LogP contribution in [-0.4, -0.2) is 23.0 Å². The maximum atomic E-state index is 12.4. The molecule has 0 rings (SSSR count). The van der Waals surface area contributed by atoms with Crippen molar-refractivity contribution in [3.8, 4) is 24.7 Å². The average molecular weight is 246 g/mol. The third kappa shape index (κ3) is 2.12. The smallest absolute Gasteiger partial charge is 0.452 e. The van der Waals surface area contributed by atoms with Gasteiger partial charge in [-0.1, -0.05) is 11.8 Å². The van der Waals surface area contributed by atoms with Crippen LogP contribution in [0.4, 0.5) is 13.2 Å². The standard InChI is InChI=1S/C11H9F3O3/c1-5-10(6-2,7(15)11(12,13)14)9(3,4)8(16)17/h1-2H,3-4H3,(H,16,17). The first-order chi connectivity index (χ1) is 7.47. The summed E-state index contributed by atoms with van der Waals surface area (Å²) in [5, 5.41) is 8.84. The summed E-state index contributed by atoms with van der Waals surface area (Å²) in [6.45, 7) is 1.75. The second-order valence-corrected chi connectivity index (χ2v) is 3.80. The van der Waals surface area contributed by atoms with Crippen LogP contribution in [0.1, 0.15) is 13.8 Å². The van der Waals surface area contributed by atoms with Crippen LogP contribution in [0.15, 0.2) is 0 Å². The Bertz CT molecular complexity index is 418. The van der Waals surface area contributed by atoms with Gasteiger partial charge in [-0.15, -0.1) is 12.8 Å². The van der Waals surface area contributed by atoms with E-state index in [1.165, 1.54) is 11.8 Å². The number of alkyl halides is 3. The molecular formula is C11H9F3O3. The van der Waals surface area contributed by atoms with Gasteiger partial charge in [0, 0.05) is 0 Å². The molecule has 0 aliphatic carbocycles. The minimum absolute atomic E-state index is 0.874. The number of Topliss-reactive ketones (excluding diaryl/α,β-unsaturated/α-hetero) is 1. The minimum Gasteiger partial charge on any atom is -0.481 e. The third-order valence-corrected chi connectivity index (χ3v) is 2.50. The van der Waals surface area contributed by atoms with Crippen molar-refractivity contribution < 1.29 is 27.9 Å². The molecule has 0 fully saturated rings. The fraction of sp³-hybridized carbons (Fsp3) is 0.455. The van der Waals surface area contributed by atoms with Crippen LogP contribution in [-0.2, 0) is 9.59 Å². The largest absolute Gasteiger partial charge is 0.481 e. The molecule has 92 valence electrons. The lowest BCUT2D eigenvalue weighted by molar-refractivity contribution is -0.184. The zero-order valence-electron chi connectivity index (χ0n) is 9.05. The van der Waals surface area contributed by atoms with E-state index in [0.717, 1.165) is 13.8 Å². The van der Waals surface area contributed by atoms with E-state index < -0.39 is 28.8 Å². The molecular weight excluding hydrogens is 237 g/mol. The molecule has 0 aromatic heterocycles. The summed E-state index contributed by atoms with van der Waals surface area (Å²) in [6.07, 6.45) is 4.43. The van der Waals surface area contributed by atoms with Gasteiger partial charge in [0.1, 0.15) is 0 Å². The molecule has 0 spiro atoms. The fourth-order valence-corrected chi connectivity index (χ4v) is 1.19. The van der Waals surface area contributed by atoms with Crippen molar-refractivity contribution in [2.75, 3.05) is 0 Å². The van der Waals surface area contributed by atoms with E-state index >= 15 is 0 Å². The Labute approximate surface area is 96.0 Å². The van der Waals surface area contributed by atoms with E-state index in [0.29, 0.717) is 0 Å². The number of hydrogen-bond acceptors (Lipinski definition) is 2. The van der Waals surface area contributed by atoms with Crippen LogP contribution < -0.4 is 0 Å². The molecule has 1 N–H and O–H groups in total. The van der Waals surface area contributed by atoms with Crippen molar-refractivity contribution in [2.45, 2.75) is 20.0 Å². The number of carboxylic acids is 1. The van der Waals surface area contributed by atoms with Gasteiger partial charge in [-0.2, -0.15) is 13.2 Å². The van der Waals surface area contributed by atoms with Gasteiger partial charge in [0.25, 0.3) is 5.78 Å². The van der Waals surface area contributed by atoms with E-state index in [1.807, 2.05) is 0 Å². The zero-order valence-corrected chi connectivity index (χ0v) is 9.05. The van der Waals surface area contributed by atoms with Crippen LogP contribution in [0, 0.1) is 35.5 Å². The van der Waals surface area contributed by atoms with Gasteiger partial charge in [0.2, 0.25) is 0 Å². The van der Waals surface area contributed by atoms with Crippen molar-refractivity contribution in [1.82, 2.24) is 0 Å². The summed E-state index contributed by atoms with van der Waals surface area (Å²) in [5.74, 6) is -1.10. The molecule has 17 heavy (non-hydrogen) atoms. The molecule has 3 nitrogen and oxygen atoms in total. The summed E-state index contributed by atoms with van der Waals surface area (Å²) in [4.78, 5) is 22.1. The minimum atomic E-state index is -5.30. The number of carbonyl (C=O) groups excluding carboxylic acids is 1. The second kappa shape index (κ2) is 4.14. The molecule has 0 saturated heterocycles. The summed E-state index contributed by atoms with van der Waals surface area (Å²) < 4.78 is 37.1. The molecule has 0 heterocycles. The predicted molar refractivity (Wildman–Crippen MR) is 52.6 cm³/mol. The number of ketones is 1. The number of carboxylic acid groups (broad SMARTS) is 1. The Morgan fingerprint density at radius 3 is 1.65 bits per heavy atom. The van der Waals surface area contributed by atoms with Crippen molar-refractivity contribution in [3.05, 3.63) is 0 Å². The summed E-state index contributed by atoms with van der Waals surface area (Å²) in [7, 11) is 0. The Morgan fingerprint density at radius 2 is 1.47 bits per heavy atom. The maximum absolute atomic E-state index is 12.4. The number of rotatable bonds is 3. The third-order valence-electron chi connectivity index (χ3n) is 2.50. The molecule has 0 aliphatic heterocycles. The zero-order chi connectivity index (χ0) is 14.1. The lowest BCUT2D eigenvalue weighted by Crippen LogP contribution is -2.52. The highest BCUT2D eigenvalue weighted by Crippen LogP contribution is 2.43. The van der Waals surface area contributed by atoms with Crippen LogP contribution in [0.3, 0.4) is 0 Å². The van der Waals surface area contributed by atoms with Crippen molar-refractivity contribution in [2.24, 2.45) is 10.8 Å². The van der Waals surface area contributed by atoms with Crippen LogP contribution in [0.2, 0.25) is 0 Å². The number of hydrogen-bond donors (Lipinski definition) is 1. The van der Waals surface area contributed by atoms with Gasteiger partial charge < -0.3 is 5.11 Å². The van der Waals surface area contributed by atoms with E-state index in [-0.39, 0.29) is 0 Å². The molecule has 0 unspecified atom stereocenters. The molecule has 0 amide bonds. The van der Waals surface area contributed by atoms with Crippen LogP contribution in [0.5, 0.6) is 0 Å². The number of aliphatic carboxylic acids is 1. The summed E-state index contributed by atoms with van der Waals surface area (Å²) in [5.41, 5.74) is -5.10. The predicted octanol–water partition coefficient (Wildman–Crippen LogP) is 1.48. The highest BCUT2D eigenvalue weighted by atomic mass is 19.4. The molecule has 0 aliphatic rings. The van der Waals surface area contributed by atoms with Crippen molar-refractivity contribution >= 4 is 11.8 Å². The van der Waals surface area contributed by atoms with Gasteiger partial charge in [-0.3, -0.25) is 9.59 Å². The van der Waals surface area contributed by atoms with Gasteiger partial charge >= 0.3 is 12.1 Å². The quantitative estimate of drug-likeness (QED) is 0.767. The SMILES string of the molecule is C#CC(C#C)(C(=O)C(F)(F)F)C(C)(C)C(=O)O. The first-order valence-electron chi connectivity index (χ1n) is 4.28. The van der Waals surface area contributed by atoms with E-state index in [1.54, 1.807) is 0 Å². The molecule has 0 bridgehead atoms. The number of halogens is 3. The van der Waals surface area contributed by atoms with Gasteiger partial charge in [-0.25, -0.2) is 0 Å². The average Bonchev–Trinajstić information content (AvgIpc) is 2.18. The Kier molecular flexibility index (Phi) is 3.66. The highest BCUT2D eigenvalue weighted by molar-refractivity contribution is 6.00. The molecule has 0 saturated carbocycles. The van der Waals surface area contributed by atoms with Gasteiger partial charge in [0.15, 0.2) is 5.41 Å². The van der Waals surface area contributed by atoms with Crippen molar-refractivity contribution in [3.63, 3.8) is 0 Å². The normalized spacial score (nSPS) is 12.4. The Balaban J connectivity index is 6.04. The Hall–Kier alpha value is -1.95. The topological polar surface area (TPSA) is 54.4 Å². The molecule has 0 aromatic carbocycles. The first-order valence-corrected chi connectivity index (χ1v) is 4.28. The van der Waals surface area contributed by atoms with Gasteiger partial charge in [-0.05, 0) is 13.8 Å². The highest BCUT2D eigenvalue weighted by Gasteiger charge is 2.61. The van der Waals surface area contributed by atoms with Gasteiger partial charge in [0.05, 0.1) is 5.41 Å². The summed E-state index contributed by atoms with van der Waals surface area (Å²) >= 11 is 0. The van der Waals surface area contributed by atoms with Crippen LogP contribution >= 0.6 is 0 Å². The van der Waals surface area contributed by atoms with E-state index in [9.17, 15) is 22.8 Å². The maximum Gasteiger partial charge on any atom is 0.452 e. The monoisotopic (exact) mass is 246 g/mol. The Morgan fingerprint density at radius 1 is 1.12 bits per heavy atom. The molecule has 0 atom stereocenters. The molecule has 0 radical (unpaired) electrons. The van der Waals surface area contributed by atoms with Crippen molar-refractivity contribution in [1.29, 1.82) is 0 Å². The fourth-order valence-electron chi connectivity index (χ4n) is 1.19. The number of carbonyl (C=O) groups is 2. The lowest BCUT2D eigenvalue weighted by atomic mass is 9.63. The van der Waals surface area contributed by atoms with E-state index in [4.69, 9.17) is 18.0 Å². The first kappa shape index (κ1) is 15.0. The molecule has 6 heteroatoms. The lowest BCUT2D eigenvalue weighted by Gasteiger charge is -2.34. The molecule has 0 aromatic rings. The summed E-state index contributed by atoms with van der Waals surface area (Å²) in [6, 6.07) is 0. The second-order valence-electron chi connectivity index (χ2n) is 3.80. The van der Waals surface area contributed by atoms with E-state index in [2.05, 4.69) is 0 Å².